The largest absolute Gasteiger partial charge is 0.457 e. The Morgan fingerprint density at radius 2 is 1.22 bits per heavy atom. The summed E-state index contributed by atoms with van der Waals surface area (Å²) >= 11 is 6.18. The first kappa shape index (κ1) is 15.1. The van der Waals surface area contributed by atoms with Gasteiger partial charge < -0.3 is 20.9 Å². The van der Waals surface area contributed by atoms with Gasteiger partial charge >= 0.3 is 0 Å². The molecule has 3 rings (SSSR count). The topological polar surface area (TPSA) is 70.5 Å². The molecule has 0 unspecified atom stereocenters. The van der Waals surface area contributed by atoms with Crippen LogP contribution in [0.3, 0.4) is 0 Å². The van der Waals surface area contributed by atoms with Crippen molar-refractivity contribution in [3.63, 3.8) is 0 Å². The maximum atomic E-state index is 6.18. The fourth-order valence-corrected chi connectivity index (χ4v) is 2.20. The van der Waals surface area contributed by atoms with Crippen LogP contribution in [0.15, 0.2) is 66.7 Å². The first-order chi connectivity index (χ1) is 11.1. The molecule has 5 heteroatoms. The van der Waals surface area contributed by atoms with E-state index in [2.05, 4.69) is 0 Å². The molecule has 0 atom stereocenters. The summed E-state index contributed by atoms with van der Waals surface area (Å²) in [4.78, 5) is 0. The highest BCUT2D eigenvalue weighted by Crippen LogP contribution is 2.35. The third kappa shape index (κ3) is 3.87. The molecular formula is C18H15ClN2O2. The molecule has 0 saturated heterocycles. The van der Waals surface area contributed by atoms with Crippen molar-refractivity contribution in [2.24, 2.45) is 0 Å². The summed E-state index contributed by atoms with van der Waals surface area (Å²) < 4.78 is 11.5. The average molecular weight is 327 g/mol. The lowest BCUT2D eigenvalue weighted by atomic mass is 10.3. The molecule has 0 heterocycles. The summed E-state index contributed by atoms with van der Waals surface area (Å²) in [6, 6.07) is 19.5. The quantitative estimate of drug-likeness (QED) is 0.655. The fraction of sp³-hybridized carbons (Fsp3) is 0. The Morgan fingerprint density at radius 3 is 1.83 bits per heavy atom. The number of nitrogen functional groups attached to an aromatic ring is 2. The summed E-state index contributed by atoms with van der Waals surface area (Å²) in [5.41, 5.74) is 12.7. The zero-order chi connectivity index (χ0) is 16.2. The number of hydrogen-bond donors (Lipinski definition) is 2. The highest BCUT2D eigenvalue weighted by molar-refractivity contribution is 6.32. The van der Waals surface area contributed by atoms with E-state index in [0.717, 1.165) is 0 Å². The van der Waals surface area contributed by atoms with Crippen molar-refractivity contribution < 1.29 is 9.47 Å². The van der Waals surface area contributed by atoms with Crippen molar-refractivity contribution in [1.82, 2.24) is 0 Å². The van der Waals surface area contributed by atoms with E-state index in [1.54, 1.807) is 48.5 Å². The summed E-state index contributed by atoms with van der Waals surface area (Å²) in [5.74, 6) is 2.33. The molecule has 0 fully saturated rings. The normalized spacial score (nSPS) is 10.3. The van der Waals surface area contributed by atoms with Gasteiger partial charge in [0.25, 0.3) is 0 Å². The van der Waals surface area contributed by atoms with E-state index >= 15 is 0 Å². The lowest BCUT2D eigenvalue weighted by molar-refractivity contribution is 0.461. The van der Waals surface area contributed by atoms with Gasteiger partial charge in [0.2, 0.25) is 0 Å². The van der Waals surface area contributed by atoms with Gasteiger partial charge in [0.1, 0.15) is 23.0 Å². The third-order valence-corrected chi connectivity index (χ3v) is 3.39. The van der Waals surface area contributed by atoms with E-state index in [9.17, 15) is 0 Å². The molecular weight excluding hydrogens is 312 g/mol. The second-order valence-electron chi connectivity index (χ2n) is 4.94. The summed E-state index contributed by atoms with van der Waals surface area (Å²) in [6.45, 7) is 0. The highest BCUT2D eigenvalue weighted by atomic mass is 35.5. The molecule has 0 aliphatic heterocycles. The molecule has 23 heavy (non-hydrogen) atoms. The number of halogens is 1. The zero-order valence-corrected chi connectivity index (χ0v) is 13.0. The predicted molar refractivity (Wildman–Crippen MR) is 93.3 cm³/mol. The van der Waals surface area contributed by atoms with Crippen molar-refractivity contribution in [2.75, 3.05) is 11.5 Å². The molecule has 0 radical (unpaired) electrons. The molecule has 116 valence electrons. The molecule has 3 aromatic rings. The Hall–Kier alpha value is -2.85. The Kier molecular flexibility index (Phi) is 4.26. The molecule has 4 N–H and O–H groups in total. The van der Waals surface area contributed by atoms with Crippen molar-refractivity contribution >= 4 is 23.0 Å². The van der Waals surface area contributed by atoms with Gasteiger partial charge in [-0.3, -0.25) is 0 Å². The van der Waals surface area contributed by atoms with Crippen molar-refractivity contribution in [1.29, 1.82) is 0 Å². The number of hydrogen-bond acceptors (Lipinski definition) is 4. The van der Waals surface area contributed by atoms with Crippen molar-refractivity contribution in [2.45, 2.75) is 0 Å². The van der Waals surface area contributed by atoms with Crippen LogP contribution < -0.4 is 20.9 Å². The van der Waals surface area contributed by atoms with Crippen LogP contribution in [-0.2, 0) is 0 Å². The molecule has 3 aromatic carbocycles. The van der Waals surface area contributed by atoms with Crippen LogP contribution in [0.1, 0.15) is 0 Å². The monoisotopic (exact) mass is 326 g/mol. The van der Waals surface area contributed by atoms with Gasteiger partial charge in [-0.2, -0.15) is 0 Å². The molecule has 0 aliphatic rings. The second kappa shape index (κ2) is 6.50. The van der Waals surface area contributed by atoms with Crippen LogP contribution in [0, 0.1) is 0 Å². The number of rotatable bonds is 4. The summed E-state index contributed by atoms with van der Waals surface area (Å²) in [5, 5.41) is 0.479. The minimum absolute atomic E-state index is 0.479. The van der Waals surface area contributed by atoms with Crippen molar-refractivity contribution in [3.05, 3.63) is 71.8 Å². The second-order valence-corrected chi connectivity index (χ2v) is 5.35. The predicted octanol–water partition coefficient (Wildman–Crippen LogP) is 5.09. The minimum atomic E-state index is 0.479. The van der Waals surface area contributed by atoms with Gasteiger partial charge in [0, 0.05) is 29.6 Å². The van der Waals surface area contributed by atoms with Gasteiger partial charge in [-0.1, -0.05) is 23.7 Å². The Balaban J connectivity index is 1.84. The Bertz CT molecular complexity index is 837. The maximum absolute atomic E-state index is 6.18. The maximum Gasteiger partial charge on any atom is 0.149 e. The number of benzene rings is 3. The summed E-state index contributed by atoms with van der Waals surface area (Å²) in [7, 11) is 0. The van der Waals surface area contributed by atoms with Gasteiger partial charge in [-0.05, 0) is 36.4 Å². The lowest BCUT2D eigenvalue weighted by Gasteiger charge is -2.11. The zero-order valence-electron chi connectivity index (χ0n) is 12.2. The van der Waals surface area contributed by atoms with Crippen LogP contribution >= 0.6 is 11.6 Å². The van der Waals surface area contributed by atoms with Gasteiger partial charge in [-0.25, -0.2) is 0 Å². The molecule has 0 aromatic heterocycles. The van der Waals surface area contributed by atoms with E-state index in [1.807, 2.05) is 18.2 Å². The lowest BCUT2D eigenvalue weighted by Crippen LogP contribution is -1.91. The first-order valence-corrected chi connectivity index (χ1v) is 7.34. The van der Waals surface area contributed by atoms with Crippen LogP contribution in [0.2, 0.25) is 5.02 Å². The smallest absolute Gasteiger partial charge is 0.149 e. The van der Waals surface area contributed by atoms with E-state index in [0.29, 0.717) is 39.4 Å². The minimum Gasteiger partial charge on any atom is -0.457 e. The molecule has 0 saturated carbocycles. The number of nitrogens with two attached hydrogens (primary N) is 2. The van der Waals surface area contributed by atoms with Gasteiger partial charge in [0.15, 0.2) is 0 Å². The molecule has 0 amide bonds. The van der Waals surface area contributed by atoms with E-state index < -0.39 is 0 Å². The Morgan fingerprint density at radius 1 is 0.652 bits per heavy atom. The summed E-state index contributed by atoms with van der Waals surface area (Å²) in [6.07, 6.45) is 0. The molecule has 0 spiro atoms. The number of anilines is 2. The molecule has 4 nitrogen and oxygen atoms in total. The third-order valence-electron chi connectivity index (χ3n) is 3.08. The van der Waals surface area contributed by atoms with Crippen LogP contribution in [0.25, 0.3) is 0 Å². The Labute approximate surface area is 139 Å². The van der Waals surface area contributed by atoms with E-state index in [-0.39, 0.29) is 0 Å². The molecule has 0 bridgehead atoms. The average Bonchev–Trinajstić information content (AvgIpc) is 2.51. The van der Waals surface area contributed by atoms with Crippen LogP contribution in [-0.4, -0.2) is 0 Å². The first-order valence-electron chi connectivity index (χ1n) is 6.96. The number of ether oxygens (including phenoxy) is 2. The van der Waals surface area contributed by atoms with Gasteiger partial charge in [0.05, 0.1) is 5.02 Å². The van der Waals surface area contributed by atoms with Crippen molar-refractivity contribution in [3.8, 4) is 23.0 Å². The standard InChI is InChI=1S/C18H15ClN2O2/c19-17-8-7-16(22-14-5-1-3-12(20)9-14)11-18(17)23-15-6-2-4-13(21)10-15/h1-11H,20-21H2. The molecule has 0 aliphatic carbocycles. The van der Waals surface area contributed by atoms with E-state index in [1.165, 1.54) is 0 Å². The SMILES string of the molecule is Nc1cccc(Oc2ccc(Cl)c(Oc3cccc(N)c3)c2)c1. The highest BCUT2D eigenvalue weighted by Gasteiger charge is 2.07. The fourth-order valence-electron chi connectivity index (χ4n) is 2.04. The van der Waals surface area contributed by atoms with Crippen LogP contribution in [0.5, 0.6) is 23.0 Å². The van der Waals surface area contributed by atoms with E-state index in [4.69, 9.17) is 32.5 Å². The van der Waals surface area contributed by atoms with Crippen LogP contribution in [0.4, 0.5) is 11.4 Å². The van der Waals surface area contributed by atoms with Gasteiger partial charge in [-0.15, -0.1) is 0 Å².